The van der Waals surface area contributed by atoms with Gasteiger partial charge in [-0.1, -0.05) is 13.8 Å². The van der Waals surface area contributed by atoms with E-state index in [0.717, 1.165) is 32.1 Å². The molecule has 0 amide bonds. The van der Waals surface area contributed by atoms with E-state index in [1.165, 1.54) is 0 Å². The summed E-state index contributed by atoms with van der Waals surface area (Å²) in [5.74, 6) is 0. The molecule has 0 N–H and O–H groups in total. The SMILES string of the molecule is CC.CC1OCCO1.CCOC(C)OCC.CN=C(C)C. The highest BCUT2D eigenvalue weighted by Gasteiger charge is 2.07. The molecule has 1 rings (SSSR count). The van der Waals surface area contributed by atoms with Crippen LogP contribution >= 0.6 is 0 Å². The average molecular weight is 307 g/mol. The molecular weight excluding hydrogens is 270 g/mol. The van der Waals surface area contributed by atoms with Gasteiger partial charge < -0.3 is 18.9 Å². The number of hydrogen-bond donors (Lipinski definition) is 0. The monoisotopic (exact) mass is 307 g/mol. The Morgan fingerprint density at radius 3 is 1.57 bits per heavy atom. The van der Waals surface area contributed by atoms with E-state index in [4.69, 9.17) is 18.9 Å². The Morgan fingerprint density at radius 2 is 1.43 bits per heavy atom. The topological polar surface area (TPSA) is 49.3 Å². The zero-order valence-electron chi connectivity index (χ0n) is 15.6. The van der Waals surface area contributed by atoms with Gasteiger partial charge in [0, 0.05) is 26.0 Å². The van der Waals surface area contributed by atoms with Crippen molar-refractivity contribution in [3.8, 4) is 0 Å². The number of nitrogens with zero attached hydrogens (tertiary/aromatic N) is 1. The quantitative estimate of drug-likeness (QED) is 0.583. The van der Waals surface area contributed by atoms with Crippen molar-refractivity contribution in [3.05, 3.63) is 0 Å². The number of ether oxygens (including phenoxy) is 4. The Bertz CT molecular complexity index is 194. The standard InChI is InChI=1S/C6H14O2.C4H9N.C4H8O2.C2H6/c1-4-7-6(3)8-5-2;1-4(2)5-3;1-4-5-2-3-6-4;1-2/h6H,4-5H2,1-3H3;1-3H3;4H,2-3H2,1H3;1-2H3. The van der Waals surface area contributed by atoms with E-state index in [9.17, 15) is 0 Å². The van der Waals surface area contributed by atoms with Gasteiger partial charge in [-0.05, 0) is 41.5 Å². The Kier molecular flexibility index (Phi) is 26.4. The van der Waals surface area contributed by atoms with E-state index >= 15 is 0 Å². The van der Waals surface area contributed by atoms with Crippen molar-refractivity contribution in [2.45, 2.75) is 68.0 Å². The third kappa shape index (κ3) is 28.4. The summed E-state index contributed by atoms with van der Waals surface area (Å²) in [4.78, 5) is 3.81. The molecule has 130 valence electrons. The molecule has 0 atom stereocenters. The second kappa shape index (κ2) is 21.8. The molecule has 0 radical (unpaired) electrons. The second-order valence-electron chi connectivity index (χ2n) is 3.96. The van der Waals surface area contributed by atoms with Crippen molar-refractivity contribution in [3.63, 3.8) is 0 Å². The average Bonchev–Trinajstić information content (AvgIpc) is 2.94. The van der Waals surface area contributed by atoms with Gasteiger partial charge >= 0.3 is 0 Å². The molecule has 0 bridgehead atoms. The van der Waals surface area contributed by atoms with Gasteiger partial charge in [-0.25, -0.2) is 0 Å². The summed E-state index contributed by atoms with van der Waals surface area (Å²) >= 11 is 0. The minimum atomic E-state index is -0.0370. The fourth-order valence-corrected chi connectivity index (χ4v) is 0.994. The molecule has 0 aliphatic carbocycles. The van der Waals surface area contributed by atoms with Gasteiger partial charge in [0.1, 0.15) is 0 Å². The van der Waals surface area contributed by atoms with Crippen LogP contribution in [0.15, 0.2) is 4.99 Å². The van der Waals surface area contributed by atoms with Crippen LogP contribution in [0.4, 0.5) is 0 Å². The van der Waals surface area contributed by atoms with E-state index in [-0.39, 0.29) is 12.6 Å². The van der Waals surface area contributed by atoms with E-state index in [2.05, 4.69) is 4.99 Å². The number of aliphatic imine (C=N–C) groups is 1. The minimum Gasteiger partial charge on any atom is -0.353 e. The third-order valence-corrected chi connectivity index (χ3v) is 2.04. The Morgan fingerprint density at radius 1 is 1.10 bits per heavy atom. The van der Waals surface area contributed by atoms with Crippen LogP contribution in [0, 0.1) is 0 Å². The zero-order valence-corrected chi connectivity index (χ0v) is 15.6. The Balaban J connectivity index is -0.000000223. The van der Waals surface area contributed by atoms with Crippen molar-refractivity contribution < 1.29 is 18.9 Å². The highest BCUT2D eigenvalue weighted by molar-refractivity contribution is 5.78. The highest BCUT2D eigenvalue weighted by Crippen LogP contribution is 1.99. The smallest absolute Gasteiger partial charge is 0.155 e. The first-order valence-corrected chi connectivity index (χ1v) is 7.84. The Hall–Kier alpha value is -0.490. The summed E-state index contributed by atoms with van der Waals surface area (Å²) in [6, 6.07) is 0. The third-order valence-electron chi connectivity index (χ3n) is 2.04. The lowest BCUT2D eigenvalue weighted by atomic mass is 10.5. The fourth-order valence-electron chi connectivity index (χ4n) is 0.994. The molecule has 1 saturated heterocycles. The van der Waals surface area contributed by atoms with Gasteiger partial charge in [0.2, 0.25) is 0 Å². The predicted octanol–water partition coefficient (Wildman–Crippen LogP) is 3.91. The Labute approximate surface area is 132 Å². The first-order chi connectivity index (χ1) is 9.97. The van der Waals surface area contributed by atoms with Crippen molar-refractivity contribution in [1.29, 1.82) is 0 Å². The maximum atomic E-state index is 5.06. The molecule has 0 aromatic carbocycles. The van der Waals surface area contributed by atoms with Crippen LogP contribution in [0.5, 0.6) is 0 Å². The van der Waals surface area contributed by atoms with Crippen molar-refractivity contribution >= 4 is 5.71 Å². The molecule has 1 fully saturated rings. The van der Waals surface area contributed by atoms with Gasteiger partial charge in [-0.2, -0.15) is 0 Å². The number of rotatable bonds is 4. The van der Waals surface area contributed by atoms with Gasteiger partial charge in [-0.3, -0.25) is 4.99 Å². The molecule has 1 aliphatic heterocycles. The van der Waals surface area contributed by atoms with Gasteiger partial charge in [0.15, 0.2) is 12.6 Å². The molecule has 0 aromatic rings. The molecule has 5 nitrogen and oxygen atoms in total. The minimum absolute atomic E-state index is 0.0370. The van der Waals surface area contributed by atoms with Gasteiger partial charge in [0.05, 0.1) is 13.2 Å². The molecule has 21 heavy (non-hydrogen) atoms. The predicted molar refractivity (Wildman–Crippen MR) is 90.1 cm³/mol. The summed E-state index contributed by atoms with van der Waals surface area (Å²) < 4.78 is 20.0. The molecule has 1 aliphatic rings. The zero-order chi connectivity index (χ0) is 17.1. The maximum absolute atomic E-state index is 5.06. The highest BCUT2D eigenvalue weighted by atomic mass is 16.7. The van der Waals surface area contributed by atoms with E-state index < -0.39 is 0 Å². The fraction of sp³-hybridized carbons (Fsp3) is 0.938. The van der Waals surface area contributed by atoms with Crippen LogP contribution in [0.1, 0.15) is 55.4 Å². The van der Waals surface area contributed by atoms with Crippen LogP contribution in [-0.2, 0) is 18.9 Å². The molecule has 5 heteroatoms. The molecular formula is C16H37NO4. The van der Waals surface area contributed by atoms with Crippen molar-refractivity contribution in [2.24, 2.45) is 4.99 Å². The van der Waals surface area contributed by atoms with E-state index in [0.29, 0.717) is 0 Å². The van der Waals surface area contributed by atoms with Gasteiger partial charge in [-0.15, -0.1) is 0 Å². The summed E-state index contributed by atoms with van der Waals surface area (Å²) in [6.07, 6.45) is 0.00926. The van der Waals surface area contributed by atoms with Crippen LogP contribution in [-0.4, -0.2) is 51.8 Å². The largest absolute Gasteiger partial charge is 0.353 e. The van der Waals surface area contributed by atoms with Crippen LogP contribution in [0.3, 0.4) is 0 Å². The first kappa shape index (κ1) is 25.5. The summed E-state index contributed by atoms with van der Waals surface area (Å²) in [7, 11) is 1.79. The summed E-state index contributed by atoms with van der Waals surface area (Å²) in [5.41, 5.74) is 1.13. The first-order valence-electron chi connectivity index (χ1n) is 7.84. The van der Waals surface area contributed by atoms with Crippen LogP contribution in [0.2, 0.25) is 0 Å². The second-order valence-corrected chi connectivity index (χ2v) is 3.96. The lowest BCUT2D eigenvalue weighted by Crippen LogP contribution is -2.11. The molecule has 0 saturated carbocycles. The summed E-state index contributed by atoms with van der Waals surface area (Å²) in [5, 5.41) is 0. The number of hydrogen-bond acceptors (Lipinski definition) is 5. The molecule has 1 heterocycles. The lowest BCUT2D eigenvalue weighted by Gasteiger charge is -2.09. The maximum Gasteiger partial charge on any atom is 0.155 e. The molecule has 0 aromatic heterocycles. The van der Waals surface area contributed by atoms with Crippen LogP contribution < -0.4 is 0 Å². The van der Waals surface area contributed by atoms with Crippen molar-refractivity contribution in [2.75, 3.05) is 33.5 Å². The molecule has 0 spiro atoms. The van der Waals surface area contributed by atoms with E-state index in [1.54, 1.807) is 7.05 Å². The van der Waals surface area contributed by atoms with Gasteiger partial charge in [0.25, 0.3) is 0 Å². The van der Waals surface area contributed by atoms with E-state index in [1.807, 2.05) is 55.4 Å². The summed E-state index contributed by atoms with van der Waals surface area (Å²) in [6.45, 7) is 18.6. The normalized spacial score (nSPS) is 13.2. The van der Waals surface area contributed by atoms with Crippen LogP contribution in [0.25, 0.3) is 0 Å². The van der Waals surface area contributed by atoms with Crippen molar-refractivity contribution in [1.82, 2.24) is 0 Å². The molecule has 0 unspecified atom stereocenters. The lowest BCUT2D eigenvalue weighted by molar-refractivity contribution is -0.123.